The number of rotatable bonds is 7. The molecule has 0 unspecified atom stereocenters. The standard InChI is InChI=1S/C23H26O3/c1-4-5-17-6-7-20(23(12-17)25-3)15-26-21-10-11-22-16(2)19(14-24)9-8-18(22)13-21/h6-7,10-14H,4-5,8-9,15H2,1-3H3. The highest BCUT2D eigenvalue weighted by Gasteiger charge is 2.16. The first-order chi connectivity index (χ1) is 12.7. The highest BCUT2D eigenvalue weighted by Crippen LogP contribution is 2.33. The summed E-state index contributed by atoms with van der Waals surface area (Å²) >= 11 is 0. The van der Waals surface area contributed by atoms with Crippen LogP contribution in [0.3, 0.4) is 0 Å². The lowest BCUT2D eigenvalue weighted by Crippen LogP contribution is -2.05. The van der Waals surface area contributed by atoms with Gasteiger partial charge < -0.3 is 9.47 Å². The average molecular weight is 350 g/mol. The lowest BCUT2D eigenvalue weighted by atomic mass is 9.87. The first-order valence-electron chi connectivity index (χ1n) is 9.23. The van der Waals surface area contributed by atoms with Gasteiger partial charge in [0.2, 0.25) is 0 Å². The van der Waals surface area contributed by atoms with E-state index in [2.05, 4.69) is 37.3 Å². The third-order valence-corrected chi connectivity index (χ3v) is 5.05. The van der Waals surface area contributed by atoms with Crippen LogP contribution in [0.2, 0.25) is 0 Å². The topological polar surface area (TPSA) is 35.5 Å². The number of hydrogen-bond acceptors (Lipinski definition) is 3. The second-order valence-electron chi connectivity index (χ2n) is 6.77. The Bertz CT molecular complexity index is 833. The summed E-state index contributed by atoms with van der Waals surface area (Å²) in [5.41, 5.74) is 6.73. The number of methoxy groups -OCH3 is 1. The first kappa shape index (κ1) is 18.2. The summed E-state index contributed by atoms with van der Waals surface area (Å²) in [4.78, 5) is 11.1. The van der Waals surface area contributed by atoms with Gasteiger partial charge in [0.25, 0.3) is 0 Å². The third-order valence-electron chi connectivity index (χ3n) is 5.05. The number of aryl methyl sites for hydroxylation is 2. The Labute approximate surface area is 155 Å². The molecule has 3 nitrogen and oxygen atoms in total. The van der Waals surface area contributed by atoms with E-state index in [1.165, 1.54) is 11.1 Å². The fourth-order valence-corrected chi connectivity index (χ4v) is 3.52. The van der Waals surface area contributed by atoms with Crippen molar-refractivity contribution in [1.82, 2.24) is 0 Å². The van der Waals surface area contributed by atoms with Gasteiger partial charge in [0.15, 0.2) is 0 Å². The minimum Gasteiger partial charge on any atom is -0.496 e. The van der Waals surface area contributed by atoms with Crippen molar-refractivity contribution in [2.75, 3.05) is 7.11 Å². The van der Waals surface area contributed by atoms with Crippen LogP contribution in [0.25, 0.3) is 5.57 Å². The van der Waals surface area contributed by atoms with Crippen molar-refractivity contribution in [2.45, 2.75) is 46.1 Å². The van der Waals surface area contributed by atoms with Crippen molar-refractivity contribution in [2.24, 2.45) is 0 Å². The zero-order valence-electron chi connectivity index (χ0n) is 15.8. The highest BCUT2D eigenvalue weighted by molar-refractivity contribution is 5.89. The number of carbonyl (C=O) groups excluding carboxylic acids is 1. The molecule has 3 rings (SSSR count). The molecule has 1 aliphatic carbocycles. The zero-order chi connectivity index (χ0) is 18.5. The molecule has 0 saturated carbocycles. The van der Waals surface area contributed by atoms with E-state index in [4.69, 9.17) is 9.47 Å². The summed E-state index contributed by atoms with van der Waals surface area (Å²) < 4.78 is 11.6. The smallest absolute Gasteiger partial charge is 0.146 e. The Morgan fingerprint density at radius 1 is 1.12 bits per heavy atom. The molecule has 26 heavy (non-hydrogen) atoms. The lowest BCUT2D eigenvalue weighted by molar-refractivity contribution is -0.105. The lowest BCUT2D eigenvalue weighted by Gasteiger charge is -2.19. The number of fused-ring (bicyclic) bond motifs is 1. The molecule has 136 valence electrons. The van der Waals surface area contributed by atoms with E-state index in [1.54, 1.807) is 7.11 Å². The molecule has 0 amide bonds. The summed E-state index contributed by atoms with van der Waals surface area (Å²) in [6.45, 7) is 4.67. The van der Waals surface area contributed by atoms with E-state index >= 15 is 0 Å². The Balaban J connectivity index is 1.75. The Kier molecular flexibility index (Phi) is 5.77. The molecule has 0 radical (unpaired) electrons. The molecule has 2 aromatic carbocycles. The maximum atomic E-state index is 11.1. The van der Waals surface area contributed by atoms with E-state index in [1.807, 2.05) is 13.0 Å². The van der Waals surface area contributed by atoms with Crippen molar-refractivity contribution in [3.8, 4) is 11.5 Å². The predicted molar refractivity (Wildman–Crippen MR) is 105 cm³/mol. The number of carbonyl (C=O) groups is 1. The van der Waals surface area contributed by atoms with Crippen LogP contribution in [0, 0.1) is 0 Å². The molecule has 2 aromatic rings. The number of hydrogen-bond donors (Lipinski definition) is 0. The van der Waals surface area contributed by atoms with Gasteiger partial charge in [-0.2, -0.15) is 0 Å². The normalized spacial score (nSPS) is 13.3. The molecule has 0 bridgehead atoms. The molecule has 0 fully saturated rings. The molecule has 0 spiro atoms. The van der Waals surface area contributed by atoms with Crippen LogP contribution in [-0.4, -0.2) is 13.4 Å². The van der Waals surface area contributed by atoms with Crippen molar-refractivity contribution < 1.29 is 14.3 Å². The van der Waals surface area contributed by atoms with Crippen LogP contribution in [-0.2, 0) is 24.2 Å². The largest absolute Gasteiger partial charge is 0.496 e. The van der Waals surface area contributed by atoms with E-state index in [9.17, 15) is 4.79 Å². The summed E-state index contributed by atoms with van der Waals surface area (Å²) in [5.74, 6) is 1.73. The molecule has 0 heterocycles. The minimum absolute atomic E-state index is 0.475. The Morgan fingerprint density at radius 3 is 2.69 bits per heavy atom. The third kappa shape index (κ3) is 3.82. The van der Waals surface area contributed by atoms with E-state index < -0.39 is 0 Å². The summed E-state index contributed by atoms with van der Waals surface area (Å²) in [5, 5.41) is 0. The van der Waals surface area contributed by atoms with Gasteiger partial charge in [0.05, 0.1) is 7.11 Å². The monoisotopic (exact) mass is 350 g/mol. The molecule has 0 aliphatic heterocycles. The van der Waals surface area contributed by atoms with E-state index in [0.717, 1.165) is 65.7 Å². The second kappa shape index (κ2) is 8.22. The van der Waals surface area contributed by atoms with E-state index in [0.29, 0.717) is 6.61 Å². The predicted octanol–water partition coefficient (Wildman–Crippen LogP) is 5.15. The van der Waals surface area contributed by atoms with Gasteiger partial charge in [-0.25, -0.2) is 0 Å². The fraction of sp³-hybridized carbons (Fsp3) is 0.348. The minimum atomic E-state index is 0.475. The molecular formula is C23H26O3. The summed E-state index contributed by atoms with van der Waals surface area (Å²) in [6, 6.07) is 12.5. The maximum Gasteiger partial charge on any atom is 0.146 e. The van der Waals surface area contributed by atoms with Crippen LogP contribution < -0.4 is 9.47 Å². The van der Waals surface area contributed by atoms with Gasteiger partial charge >= 0.3 is 0 Å². The number of aldehydes is 1. The molecule has 3 heteroatoms. The van der Waals surface area contributed by atoms with Crippen LogP contribution in [0.5, 0.6) is 11.5 Å². The summed E-state index contributed by atoms with van der Waals surface area (Å²) in [6.07, 6.45) is 4.84. The van der Waals surface area contributed by atoms with Gasteiger partial charge in [0.1, 0.15) is 24.4 Å². The Hall–Kier alpha value is -2.55. The van der Waals surface area contributed by atoms with Crippen molar-refractivity contribution in [1.29, 1.82) is 0 Å². The molecule has 0 aromatic heterocycles. The van der Waals surface area contributed by atoms with Gasteiger partial charge in [0, 0.05) is 5.56 Å². The maximum absolute atomic E-state index is 11.1. The number of benzene rings is 2. The quantitative estimate of drug-likeness (QED) is 0.648. The number of ether oxygens (including phenoxy) is 2. The van der Waals surface area contributed by atoms with Gasteiger partial charge in [-0.05, 0) is 72.2 Å². The molecule has 0 atom stereocenters. The van der Waals surface area contributed by atoms with Gasteiger partial charge in [-0.15, -0.1) is 0 Å². The first-order valence-corrected chi connectivity index (χ1v) is 9.23. The van der Waals surface area contributed by atoms with Crippen LogP contribution in [0.15, 0.2) is 42.0 Å². The van der Waals surface area contributed by atoms with E-state index in [-0.39, 0.29) is 0 Å². The van der Waals surface area contributed by atoms with Crippen molar-refractivity contribution in [3.05, 3.63) is 64.2 Å². The average Bonchev–Trinajstić information content (AvgIpc) is 2.67. The van der Waals surface area contributed by atoms with Gasteiger partial charge in [-0.3, -0.25) is 4.79 Å². The summed E-state index contributed by atoms with van der Waals surface area (Å²) in [7, 11) is 1.70. The van der Waals surface area contributed by atoms with Crippen LogP contribution in [0.4, 0.5) is 0 Å². The van der Waals surface area contributed by atoms with Crippen molar-refractivity contribution in [3.63, 3.8) is 0 Å². The molecule has 0 saturated heterocycles. The van der Waals surface area contributed by atoms with Crippen LogP contribution in [0.1, 0.15) is 48.9 Å². The number of allylic oxidation sites excluding steroid dienone is 2. The SMILES string of the molecule is CCCc1ccc(COc2ccc3c(c2)CCC(C=O)=C3C)c(OC)c1. The second-order valence-corrected chi connectivity index (χ2v) is 6.77. The zero-order valence-corrected chi connectivity index (χ0v) is 15.8. The van der Waals surface area contributed by atoms with Gasteiger partial charge in [-0.1, -0.05) is 31.5 Å². The molecule has 0 N–H and O–H groups in total. The van der Waals surface area contributed by atoms with Crippen molar-refractivity contribution >= 4 is 11.9 Å². The highest BCUT2D eigenvalue weighted by atomic mass is 16.5. The Morgan fingerprint density at radius 2 is 1.96 bits per heavy atom. The van der Waals surface area contributed by atoms with Crippen LogP contribution >= 0.6 is 0 Å². The molecule has 1 aliphatic rings. The fourth-order valence-electron chi connectivity index (χ4n) is 3.52. The molecular weight excluding hydrogens is 324 g/mol.